The number of aryl methyl sites for hydroxylation is 1. The lowest BCUT2D eigenvalue weighted by Gasteiger charge is -2.27. The number of nitrogens with one attached hydrogen (secondary N) is 1. The molecule has 0 bridgehead atoms. The predicted molar refractivity (Wildman–Crippen MR) is 110 cm³/mol. The highest BCUT2D eigenvalue weighted by molar-refractivity contribution is 5.87. The van der Waals surface area contributed by atoms with Crippen LogP contribution in [-0.4, -0.2) is 46.5 Å². The third-order valence-electron chi connectivity index (χ3n) is 5.14. The second-order valence-electron chi connectivity index (χ2n) is 7.04. The zero-order chi connectivity index (χ0) is 18.9. The molecule has 1 aliphatic rings. The van der Waals surface area contributed by atoms with Gasteiger partial charge in [0.25, 0.3) is 0 Å². The Morgan fingerprint density at radius 2 is 1.75 bits per heavy atom. The molecular weight excluding hydrogens is 350 g/mol. The van der Waals surface area contributed by atoms with Crippen LogP contribution in [0.3, 0.4) is 0 Å². The molecule has 5 rings (SSSR count). The third kappa shape index (κ3) is 3.12. The predicted octanol–water partition coefficient (Wildman–Crippen LogP) is 3.83. The van der Waals surface area contributed by atoms with E-state index >= 15 is 0 Å². The van der Waals surface area contributed by atoms with Crippen LogP contribution < -0.4 is 4.90 Å². The molecule has 6 nitrogen and oxygen atoms in total. The summed E-state index contributed by atoms with van der Waals surface area (Å²) in [6, 6.07) is 14.6. The summed E-state index contributed by atoms with van der Waals surface area (Å²) >= 11 is 0. The van der Waals surface area contributed by atoms with E-state index in [1.54, 1.807) is 0 Å². The first kappa shape index (κ1) is 16.9. The van der Waals surface area contributed by atoms with Gasteiger partial charge < -0.3 is 9.64 Å². The Morgan fingerprint density at radius 3 is 2.57 bits per heavy atom. The summed E-state index contributed by atoms with van der Waals surface area (Å²) in [5, 5.41) is 7.49. The van der Waals surface area contributed by atoms with E-state index < -0.39 is 0 Å². The number of aromatic amines is 1. The Hall–Kier alpha value is -3.25. The van der Waals surface area contributed by atoms with Crippen LogP contribution in [0.2, 0.25) is 0 Å². The minimum Gasteiger partial charge on any atom is -0.378 e. The molecule has 0 unspecified atom stereocenters. The number of benzene rings is 2. The lowest BCUT2D eigenvalue weighted by Crippen LogP contribution is -2.36. The molecule has 2 aromatic heterocycles. The van der Waals surface area contributed by atoms with Crippen molar-refractivity contribution in [2.75, 3.05) is 31.2 Å². The molecule has 0 radical (unpaired) electrons. The summed E-state index contributed by atoms with van der Waals surface area (Å²) in [5.41, 5.74) is 7.18. The standard InChI is InChI=1S/C22H21N5O/c1-15-2-4-16(5-3-15)22-18(13-24-26-22)17-6-7-19-20(12-17)25-21(14-23-19)27-8-10-28-11-9-27/h2-7,12-14H,8-11H2,1H3,(H,24,26). The highest BCUT2D eigenvalue weighted by Crippen LogP contribution is 2.31. The van der Waals surface area contributed by atoms with E-state index in [0.29, 0.717) is 0 Å². The number of aromatic nitrogens is 4. The van der Waals surface area contributed by atoms with Crippen LogP contribution in [0.4, 0.5) is 5.82 Å². The molecule has 3 heterocycles. The number of hydrogen-bond acceptors (Lipinski definition) is 5. The Morgan fingerprint density at radius 1 is 0.964 bits per heavy atom. The maximum absolute atomic E-state index is 5.44. The summed E-state index contributed by atoms with van der Waals surface area (Å²) in [4.78, 5) is 11.7. The van der Waals surface area contributed by atoms with Gasteiger partial charge in [-0.15, -0.1) is 0 Å². The van der Waals surface area contributed by atoms with Gasteiger partial charge >= 0.3 is 0 Å². The average Bonchev–Trinajstić information content (AvgIpc) is 3.24. The molecule has 4 aromatic rings. The first-order valence-electron chi connectivity index (χ1n) is 9.49. The maximum atomic E-state index is 5.44. The normalized spacial score (nSPS) is 14.5. The average molecular weight is 371 g/mol. The van der Waals surface area contributed by atoms with Crippen molar-refractivity contribution < 1.29 is 4.74 Å². The molecule has 0 saturated carbocycles. The Balaban J connectivity index is 1.55. The smallest absolute Gasteiger partial charge is 0.148 e. The number of hydrogen-bond donors (Lipinski definition) is 1. The van der Waals surface area contributed by atoms with E-state index in [2.05, 4.69) is 63.4 Å². The molecule has 0 amide bonds. The van der Waals surface area contributed by atoms with E-state index in [1.807, 2.05) is 18.5 Å². The summed E-state index contributed by atoms with van der Waals surface area (Å²) < 4.78 is 5.44. The molecule has 1 saturated heterocycles. The van der Waals surface area contributed by atoms with Crippen LogP contribution in [-0.2, 0) is 4.74 Å². The van der Waals surface area contributed by atoms with Crippen LogP contribution >= 0.6 is 0 Å². The summed E-state index contributed by atoms with van der Waals surface area (Å²) in [5.74, 6) is 0.902. The van der Waals surface area contributed by atoms with Gasteiger partial charge in [0.1, 0.15) is 5.82 Å². The van der Waals surface area contributed by atoms with Crippen molar-refractivity contribution in [2.24, 2.45) is 0 Å². The molecule has 0 atom stereocenters. The van der Waals surface area contributed by atoms with Gasteiger partial charge in [-0.3, -0.25) is 10.1 Å². The number of morpholine rings is 1. The number of ether oxygens (including phenoxy) is 1. The molecule has 0 spiro atoms. The highest BCUT2D eigenvalue weighted by atomic mass is 16.5. The molecule has 140 valence electrons. The molecule has 0 aliphatic carbocycles. The van der Waals surface area contributed by atoms with Gasteiger partial charge in [0.15, 0.2) is 0 Å². The largest absolute Gasteiger partial charge is 0.378 e. The number of nitrogens with zero attached hydrogens (tertiary/aromatic N) is 4. The van der Waals surface area contributed by atoms with Gasteiger partial charge in [0.2, 0.25) is 0 Å². The molecule has 6 heteroatoms. The number of fused-ring (bicyclic) bond motifs is 1. The van der Waals surface area contributed by atoms with Gasteiger partial charge in [0, 0.05) is 30.4 Å². The van der Waals surface area contributed by atoms with E-state index in [-0.39, 0.29) is 0 Å². The number of anilines is 1. The fraction of sp³-hybridized carbons (Fsp3) is 0.227. The SMILES string of the molecule is Cc1ccc(-c2n[nH]cc2-c2ccc3ncc(N4CCOCC4)nc3c2)cc1. The molecule has 1 fully saturated rings. The van der Waals surface area contributed by atoms with E-state index in [4.69, 9.17) is 9.72 Å². The maximum Gasteiger partial charge on any atom is 0.148 e. The first-order chi connectivity index (χ1) is 13.8. The molecule has 2 aromatic carbocycles. The fourth-order valence-electron chi connectivity index (χ4n) is 3.56. The lowest BCUT2D eigenvalue weighted by atomic mass is 10.0. The summed E-state index contributed by atoms with van der Waals surface area (Å²) in [6.07, 6.45) is 3.79. The second kappa shape index (κ2) is 7.05. The first-order valence-corrected chi connectivity index (χ1v) is 9.49. The Kier molecular flexibility index (Phi) is 4.25. The second-order valence-corrected chi connectivity index (χ2v) is 7.04. The van der Waals surface area contributed by atoms with Crippen LogP contribution in [0.25, 0.3) is 33.4 Å². The molecule has 1 N–H and O–H groups in total. The summed E-state index contributed by atoms with van der Waals surface area (Å²) in [6.45, 7) is 5.24. The van der Waals surface area contributed by atoms with E-state index in [9.17, 15) is 0 Å². The van der Waals surface area contributed by atoms with Crippen LogP contribution in [0.15, 0.2) is 54.9 Å². The highest BCUT2D eigenvalue weighted by Gasteiger charge is 2.15. The van der Waals surface area contributed by atoms with Crippen molar-refractivity contribution in [2.45, 2.75) is 6.92 Å². The number of H-pyrrole nitrogens is 1. The summed E-state index contributed by atoms with van der Waals surface area (Å²) in [7, 11) is 0. The molecule has 28 heavy (non-hydrogen) atoms. The Labute approximate surface area is 163 Å². The van der Waals surface area contributed by atoms with E-state index in [1.165, 1.54) is 5.56 Å². The van der Waals surface area contributed by atoms with Crippen molar-refractivity contribution >= 4 is 16.9 Å². The Bertz CT molecular complexity index is 1110. The van der Waals surface area contributed by atoms with Gasteiger partial charge in [-0.05, 0) is 24.6 Å². The van der Waals surface area contributed by atoms with Crippen molar-refractivity contribution in [3.8, 4) is 22.4 Å². The van der Waals surface area contributed by atoms with E-state index in [0.717, 1.165) is 65.5 Å². The lowest BCUT2D eigenvalue weighted by molar-refractivity contribution is 0.122. The molecule has 1 aliphatic heterocycles. The minimum atomic E-state index is 0.731. The monoisotopic (exact) mass is 371 g/mol. The quantitative estimate of drug-likeness (QED) is 0.593. The van der Waals surface area contributed by atoms with Gasteiger partial charge in [0.05, 0.1) is 36.1 Å². The van der Waals surface area contributed by atoms with Crippen molar-refractivity contribution in [1.29, 1.82) is 0 Å². The topological polar surface area (TPSA) is 66.9 Å². The fourth-order valence-corrected chi connectivity index (χ4v) is 3.56. The minimum absolute atomic E-state index is 0.731. The van der Waals surface area contributed by atoms with Gasteiger partial charge in [-0.2, -0.15) is 5.10 Å². The van der Waals surface area contributed by atoms with Crippen molar-refractivity contribution in [3.05, 3.63) is 60.4 Å². The number of rotatable bonds is 3. The third-order valence-corrected chi connectivity index (χ3v) is 5.14. The van der Waals surface area contributed by atoms with Crippen LogP contribution in [0.1, 0.15) is 5.56 Å². The van der Waals surface area contributed by atoms with Crippen LogP contribution in [0, 0.1) is 6.92 Å². The van der Waals surface area contributed by atoms with Crippen molar-refractivity contribution in [1.82, 2.24) is 20.2 Å². The molecular formula is C22H21N5O. The zero-order valence-electron chi connectivity index (χ0n) is 15.7. The van der Waals surface area contributed by atoms with Crippen molar-refractivity contribution in [3.63, 3.8) is 0 Å². The van der Waals surface area contributed by atoms with Crippen LogP contribution in [0.5, 0.6) is 0 Å². The van der Waals surface area contributed by atoms with Gasteiger partial charge in [-0.25, -0.2) is 4.98 Å². The zero-order valence-corrected chi connectivity index (χ0v) is 15.7. The van der Waals surface area contributed by atoms with Gasteiger partial charge in [-0.1, -0.05) is 35.9 Å².